The number of aryl methyl sites for hydroxylation is 2. The van der Waals surface area contributed by atoms with Crippen LogP contribution in [0.4, 0.5) is 11.4 Å². The van der Waals surface area contributed by atoms with Gasteiger partial charge in [-0.05, 0) is 32.9 Å². The Hall–Kier alpha value is -2.94. The molecule has 1 aromatic carbocycles. The van der Waals surface area contributed by atoms with Crippen LogP contribution in [0.5, 0.6) is 5.75 Å². The van der Waals surface area contributed by atoms with Gasteiger partial charge in [0.05, 0.1) is 23.3 Å². The minimum Gasteiger partial charge on any atom is -0.495 e. The van der Waals surface area contributed by atoms with E-state index in [-0.39, 0.29) is 17.1 Å². The van der Waals surface area contributed by atoms with E-state index in [1.54, 1.807) is 13.0 Å². The number of thiophene rings is 1. The SMILES string of the molecule is COc1ccc([N+](=O)[O-])cc1NC(=O)C(C)OC(=O)c1cc(C)sc1C. The first-order valence-electron chi connectivity index (χ1n) is 7.64. The number of nitro benzene ring substituents is 1. The molecule has 1 aromatic heterocycles. The van der Waals surface area contributed by atoms with E-state index in [0.717, 1.165) is 9.75 Å². The van der Waals surface area contributed by atoms with Crippen molar-refractivity contribution in [2.24, 2.45) is 0 Å². The number of nitro groups is 1. The summed E-state index contributed by atoms with van der Waals surface area (Å²) in [5.41, 5.74) is 0.340. The van der Waals surface area contributed by atoms with Crippen LogP contribution in [0.15, 0.2) is 24.3 Å². The van der Waals surface area contributed by atoms with Crippen molar-refractivity contribution in [2.45, 2.75) is 26.9 Å². The van der Waals surface area contributed by atoms with E-state index < -0.39 is 22.9 Å². The Kier molecular flexibility index (Phi) is 5.93. The smallest absolute Gasteiger partial charge is 0.340 e. The Morgan fingerprint density at radius 2 is 1.96 bits per heavy atom. The summed E-state index contributed by atoms with van der Waals surface area (Å²) in [7, 11) is 1.38. The van der Waals surface area contributed by atoms with Gasteiger partial charge in [0.2, 0.25) is 0 Å². The summed E-state index contributed by atoms with van der Waals surface area (Å²) in [6, 6.07) is 5.52. The number of ether oxygens (including phenoxy) is 2. The highest BCUT2D eigenvalue weighted by molar-refractivity contribution is 7.12. The molecule has 0 saturated heterocycles. The predicted molar refractivity (Wildman–Crippen MR) is 96.9 cm³/mol. The maximum absolute atomic E-state index is 12.3. The second kappa shape index (κ2) is 7.96. The largest absolute Gasteiger partial charge is 0.495 e. The number of nitrogens with zero attached hydrogens (tertiary/aromatic N) is 1. The highest BCUT2D eigenvalue weighted by Crippen LogP contribution is 2.29. The summed E-state index contributed by atoms with van der Waals surface area (Å²) in [5.74, 6) is -0.964. The molecule has 0 aliphatic carbocycles. The molecule has 8 nitrogen and oxygen atoms in total. The number of carbonyl (C=O) groups excluding carboxylic acids is 2. The predicted octanol–water partition coefficient (Wildman–Crippen LogP) is 3.47. The standard InChI is InChI=1S/C17H18N2O6S/c1-9-7-13(11(3)26-9)17(21)25-10(2)16(20)18-14-8-12(19(22)23)5-6-15(14)24-4/h5-8,10H,1-4H3,(H,18,20). The van der Waals surface area contributed by atoms with Crippen molar-refractivity contribution in [1.82, 2.24) is 0 Å². The first-order chi connectivity index (χ1) is 12.2. The van der Waals surface area contributed by atoms with Gasteiger partial charge in [0.15, 0.2) is 6.10 Å². The number of hydrogen-bond donors (Lipinski definition) is 1. The molecule has 2 aromatic rings. The maximum atomic E-state index is 12.3. The fourth-order valence-electron chi connectivity index (χ4n) is 2.25. The number of anilines is 1. The molecule has 1 unspecified atom stereocenters. The number of methoxy groups -OCH3 is 1. The lowest BCUT2D eigenvalue weighted by Crippen LogP contribution is -2.30. The molecule has 26 heavy (non-hydrogen) atoms. The molecule has 9 heteroatoms. The van der Waals surface area contributed by atoms with Crippen LogP contribution in [0.1, 0.15) is 27.0 Å². The zero-order chi connectivity index (χ0) is 19.4. The molecule has 2 rings (SSSR count). The molecule has 0 spiro atoms. The van der Waals surface area contributed by atoms with Crippen LogP contribution in [-0.4, -0.2) is 30.0 Å². The second-order valence-corrected chi connectivity index (χ2v) is 6.97. The molecule has 0 radical (unpaired) electrons. The van der Waals surface area contributed by atoms with Crippen LogP contribution in [0, 0.1) is 24.0 Å². The van der Waals surface area contributed by atoms with Gasteiger partial charge < -0.3 is 14.8 Å². The zero-order valence-corrected chi connectivity index (χ0v) is 15.5. The zero-order valence-electron chi connectivity index (χ0n) is 14.7. The Labute approximate surface area is 153 Å². The molecule has 1 N–H and O–H groups in total. The van der Waals surface area contributed by atoms with Crippen LogP contribution in [-0.2, 0) is 9.53 Å². The van der Waals surface area contributed by atoms with Crippen LogP contribution in [0.3, 0.4) is 0 Å². The van der Waals surface area contributed by atoms with E-state index in [0.29, 0.717) is 5.56 Å². The number of carbonyl (C=O) groups is 2. The monoisotopic (exact) mass is 378 g/mol. The number of nitrogens with one attached hydrogen (secondary N) is 1. The van der Waals surface area contributed by atoms with Crippen LogP contribution in [0.25, 0.3) is 0 Å². The van der Waals surface area contributed by atoms with Gasteiger partial charge in [-0.1, -0.05) is 0 Å². The van der Waals surface area contributed by atoms with Crippen LogP contribution in [0.2, 0.25) is 0 Å². The third-order valence-corrected chi connectivity index (χ3v) is 4.53. The molecular weight excluding hydrogens is 360 g/mol. The highest BCUT2D eigenvalue weighted by atomic mass is 32.1. The van der Waals surface area contributed by atoms with Crippen molar-refractivity contribution in [2.75, 3.05) is 12.4 Å². The van der Waals surface area contributed by atoms with Gasteiger partial charge in [-0.25, -0.2) is 4.79 Å². The topological polar surface area (TPSA) is 108 Å². The van der Waals surface area contributed by atoms with Crippen molar-refractivity contribution >= 4 is 34.6 Å². The van der Waals surface area contributed by atoms with E-state index in [4.69, 9.17) is 9.47 Å². The number of hydrogen-bond acceptors (Lipinski definition) is 7. The molecule has 1 atom stereocenters. The quantitative estimate of drug-likeness (QED) is 0.468. The summed E-state index contributed by atoms with van der Waals surface area (Å²) in [6.07, 6.45) is -1.09. The average molecular weight is 378 g/mol. The highest BCUT2D eigenvalue weighted by Gasteiger charge is 2.23. The average Bonchev–Trinajstić information content (AvgIpc) is 2.93. The van der Waals surface area contributed by atoms with Crippen molar-refractivity contribution in [3.63, 3.8) is 0 Å². The molecule has 138 valence electrons. The second-order valence-electron chi connectivity index (χ2n) is 5.51. The van der Waals surface area contributed by atoms with Gasteiger partial charge in [0, 0.05) is 21.9 Å². The molecule has 0 saturated carbocycles. The lowest BCUT2D eigenvalue weighted by atomic mass is 10.2. The van der Waals surface area contributed by atoms with E-state index in [2.05, 4.69) is 5.32 Å². The van der Waals surface area contributed by atoms with Gasteiger partial charge >= 0.3 is 5.97 Å². The Morgan fingerprint density at radius 1 is 1.27 bits per heavy atom. The first-order valence-corrected chi connectivity index (χ1v) is 8.46. The molecule has 0 aliphatic rings. The van der Waals surface area contributed by atoms with E-state index in [1.165, 1.54) is 43.6 Å². The molecule has 0 aliphatic heterocycles. The van der Waals surface area contributed by atoms with Crippen LogP contribution >= 0.6 is 11.3 Å². The molecule has 1 heterocycles. The van der Waals surface area contributed by atoms with Crippen molar-refractivity contribution in [3.8, 4) is 5.75 Å². The Morgan fingerprint density at radius 3 is 2.50 bits per heavy atom. The fourth-order valence-corrected chi connectivity index (χ4v) is 3.16. The third kappa shape index (κ3) is 4.37. The van der Waals surface area contributed by atoms with E-state index in [9.17, 15) is 19.7 Å². The molecular formula is C17H18N2O6S. The van der Waals surface area contributed by atoms with Gasteiger partial charge in [-0.3, -0.25) is 14.9 Å². The van der Waals surface area contributed by atoms with Crippen molar-refractivity contribution in [1.29, 1.82) is 0 Å². The van der Waals surface area contributed by atoms with Gasteiger partial charge in [0.25, 0.3) is 11.6 Å². The number of benzene rings is 1. The van der Waals surface area contributed by atoms with Gasteiger partial charge in [-0.2, -0.15) is 0 Å². The summed E-state index contributed by atoms with van der Waals surface area (Å²) in [4.78, 5) is 36.6. The minimum atomic E-state index is -1.09. The van der Waals surface area contributed by atoms with Crippen molar-refractivity contribution in [3.05, 3.63) is 49.7 Å². The number of non-ortho nitro benzene ring substituents is 1. The summed E-state index contributed by atoms with van der Waals surface area (Å²) in [6.45, 7) is 5.09. The maximum Gasteiger partial charge on any atom is 0.340 e. The van der Waals surface area contributed by atoms with E-state index >= 15 is 0 Å². The first kappa shape index (κ1) is 19.4. The van der Waals surface area contributed by atoms with E-state index in [1.807, 2.05) is 6.92 Å². The molecule has 0 bridgehead atoms. The Balaban J connectivity index is 2.11. The third-order valence-electron chi connectivity index (χ3n) is 3.57. The molecule has 1 amide bonds. The Bertz CT molecular complexity index is 861. The van der Waals surface area contributed by atoms with Gasteiger partial charge in [-0.15, -0.1) is 11.3 Å². The minimum absolute atomic E-state index is 0.122. The molecule has 0 fully saturated rings. The van der Waals surface area contributed by atoms with Crippen molar-refractivity contribution < 1.29 is 24.0 Å². The van der Waals surface area contributed by atoms with Crippen LogP contribution < -0.4 is 10.1 Å². The lowest BCUT2D eigenvalue weighted by Gasteiger charge is -2.15. The summed E-state index contributed by atoms with van der Waals surface area (Å²) >= 11 is 1.46. The van der Waals surface area contributed by atoms with Gasteiger partial charge in [0.1, 0.15) is 5.75 Å². The number of rotatable bonds is 6. The lowest BCUT2D eigenvalue weighted by molar-refractivity contribution is -0.384. The number of amides is 1. The summed E-state index contributed by atoms with van der Waals surface area (Å²) < 4.78 is 10.3. The fraction of sp³-hybridized carbons (Fsp3) is 0.294. The summed E-state index contributed by atoms with van der Waals surface area (Å²) in [5, 5.41) is 13.4. The number of esters is 1. The normalized spacial score (nSPS) is 11.5.